The fraction of sp³-hybridized carbons (Fsp3) is 0. The molecule has 11 aromatic rings. The molecule has 3 heteroatoms. The summed E-state index contributed by atoms with van der Waals surface area (Å²) in [6.07, 6.45) is 0. The first kappa shape index (κ1) is 31.2. The molecule has 0 unspecified atom stereocenters. The Hall–Kier alpha value is -7.36. The lowest BCUT2D eigenvalue weighted by Crippen LogP contribution is -1.98. The standard InChI is InChI=1S/C52H33N3/c1-3-13-34(14-4-1)35-23-25-38(26-24-35)47-33-46(37-16-5-2-6-17-37)53-52(54-47)39-27-30-40(31-28-39)55-48-22-12-11-21-44(48)50-45-32-29-36-15-7-8-18-41(36)49(45)42-19-9-10-20-43(42)51(50)55/h1-33H. The van der Waals surface area contributed by atoms with Crippen molar-refractivity contribution < 1.29 is 0 Å². The van der Waals surface area contributed by atoms with Gasteiger partial charge in [0, 0.05) is 38.5 Å². The maximum absolute atomic E-state index is 5.18. The Morgan fingerprint density at radius 1 is 0.327 bits per heavy atom. The summed E-state index contributed by atoms with van der Waals surface area (Å²) in [5.74, 6) is 0.695. The van der Waals surface area contributed by atoms with Crippen LogP contribution in [0.15, 0.2) is 200 Å². The number of para-hydroxylation sites is 1. The van der Waals surface area contributed by atoms with Gasteiger partial charge in [-0.05, 0) is 74.5 Å². The number of fused-ring (bicyclic) bond motifs is 10. The predicted octanol–water partition coefficient (Wildman–Crippen LogP) is 13.7. The molecular formula is C52H33N3. The Balaban J connectivity index is 1.09. The van der Waals surface area contributed by atoms with Crippen LogP contribution in [0.4, 0.5) is 0 Å². The average Bonchev–Trinajstić information content (AvgIpc) is 3.62. The molecule has 9 aromatic carbocycles. The zero-order valence-corrected chi connectivity index (χ0v) is 29.9. The van der Waals surface area contributed by atoms with E-state index in [1.54, 1.807) is 0 Å². The molecule has 2 heterocycles. The highest BCUT2D eigenvalue weighted by molar-refractivity contribution is 6.36. The Bertz CT molecular complexity index is 3220. The van der Waals surface area contributed by atoms with Gasteiger partial charge in [0.2, 0.25) is 0 Å². The van der Waals surface area contributed by atoms with Crippen molar-refractivity contribution in [2.45, 2.75) is 0 Å². The van der Waals surface area contributed by atoms with E-state index in [9.17, 15) is 0 Å². The minimum Gasteiger partial charge on any atom is -0.309 e. The number of benzene rings is 9. The van der Waals surface area contributed by atoms with Crippen LogP contribution in [-0.2, 0) is 0 Å². The number of nitrogens with zero attached hydrogens (tertiary/aromatic N) is 3. The lowest BCUT2D eigenvalue weighted by atomic mass is 9.93. The summed E-state index contributed by atoms with van der Waals surface area (Å²) in [6.45, 7) is 0. The number of hydrogen-bond donors (Lipinski definition) is 0. The highest BCUT2D eigenvalue weighted by Gasteiger charge is 2.20. The lowest BCUT2D eigenvalue weighted by Gasteiger charge is -2.14. The van der Waals surface area contributed by atoms with Gasteiger partial charge in [-0.1, -0.05) is 164 Å². The molecule has 0 aliphatic carbocycles. The highest BCUT2D eigenvalue weighted by Crippen LogP contribution is 2.44. The normalized spacial score (nSPS) is 11.6. The zero-order valence-electron chi connectivity index (χ0n) is 29.9. The van der Waals surface area contributed by atoms with E-state index in [1.165, 1.54) is 65.3 Å². The molecule has 0 saturated carbocycles. The zero-order chi connectivity index (χ0) is 36.3. The fourth-order valence-corrected chi connectivity index (χ4v) is 8.42. The van der Waals surface area contributed by atoms with Gasteiger partial charge in [0.25, 0.3) is 0 Å². The lowest BCUT2D eigenvalue weighted by molar-refractivity contribution is 1.17. The molecule has 0 fully saturated rings. The molecule has 0 N–H and O–H groups in total. The van der Waals surface area contributed by atoms with Gasteiger partial charge in [0.15, 0.2) is 5.82 Å². The van der Waals surface area contributed by atoms with E-state index in [1.807, 2.05) is 12.1 Å². The molecular weight excluding hydrogens is 667 g/mol. The third kappa shape index (κ3) is 5.13. The van der Waals surface area contributed by atoms with Gasteiger partial charge in [-0.25, -0.2) is 9.97 Å². The molecule has 0 bridgehead atoms. The Labute approximate surface area is 318 Å². The second-order valence-electron chi connectivity index (χ2n) is 14.1. The van der Waals surface area contributed by atoms with Crippen LogP contribution in [0.1, 0.15) is 0 Å². The maximum Gasteiger partial charge on any atom is 0.160 e. The second-order valence-corrected chi connectivity index (χ2v) is 14.1. The molecule has 0 spiro atoms. The molecule has 11 rings (SSSR count). The third-order valence-electron chi connectivity index (χ3n) is 11.0. The van der Waals surface area contributed by atoms with E-state index in [2.05, 4.69) is 193 Å². The molecule has 0 amide bonds. The number of hydrogen-bond acceptors (Lipinski definition) is 2. The second kappa shape index (κ2) is 12.6. The van der Waals surface area contributed by atoms with Crippen LogP contribution in [0.3, 0.4) is 0 Å². The predicted molar refractivity (Wildman–Crippen MR) is 231 cm³/mol. The van der Waals surface area contributed by atoms with Gasteiger partial charge >= 0.3 is 0 Å². The monoisotopic (exact) mass is 699 g/mol. The molecule has 0 atom stereocenters. The third-order valence-corrected chi connectivity index (χ3v) is 11.0. The first-order valence-corrected chi connectivity index (χ1v) is 18.7. The maximum atomic E-state index is 5.18. The van der Waals surface area contributed by atoms with E-state index < -0.39 is 0 Å². The summed E-state index contributed by atoms with van der Waals surface area (Å²) in [7, 11) is 0. The Morgan fingerprint density at radius 3 is 1.58 bits per heavy atom. The van der Waals surface area contributed by atoms with Gasteiger partial charge in [-0.2, -0.15) is 0 Å². The minimum atomic E-state index is 0.695. The first-order chi connectivity index (χ1) is 27.3. The van der Waals surface area contributed by atoms with Crippen molar-refractivity contribution in [3.8, 4) is 50.7 Å². The largest absolute Gasteiger partial charge is 0.309 e. The summed E-state index contributed by atoms with van der Waals surface area (Å²) in [4.78, 5) is 10.3. The van der Waals surface area contributed by atoms with Crippen molar-refractivity contribution in [3.05, 3.63) is 200 Å². The van der Waals surface area contributed by atoms with Gasteiger partial charge in [0.05, 0.1) is 22.4 Å². The molecule has 0 aliphatic heterocycles. The summed E-state index contributed by atoms with van der Waals surface area (Å²) in [6, 6.07) is 71.4. The van der Waals surface area contributed by atoms with Crippen molar-refractivity contribution in [3.63, 3.8) is 0 Å². The SMILES string of the molecule is c1ccc(-c2ccc(-c3cc(-c4ccccc4)nc(-c4ccc(-n5c6ccccc6c6c7ccc8ccccc8c7c7ccccc7c65)cc4)n3)cc2)cc1. The Kier molecular flexibility index (Phi) is 7.17. The van der Waals surface area contributed by atoms with Crippen molar-refractivity contribution in [1.29, 1.82) is 0 Å². The minimum absolute atomic E-state index is 0.695. The van der Waals surface area contributed by atoms with Gasteiger partial charge in [-0.15, -0.1) is 0 Å². The fourth-order valence-electron chi connectivity index (χ4n) is 8.42. The van der Waals surface area contributed by atoms with Crippen LogP contribution in [-0.4, -0.2) is 14.5 Å². The van der Waals surface area contributed by atoms with Crippen molar-refractivity contribution >= 4 is 54.1 Å². The summed E-state index contributed by atoms with van der Waals surface area (Å²) in [5, 5.41) is 10.1. The molecule has 256 valence electrons. The summed E-state index contributed by atoms with van der Waals surface area (Å²) < 4.78 is 2.44. The van der Waals surface area contributed by atoms with Gasteiger partial charge < -0.3 is 4.57 Å². The average molecular weight is 700 g/mol. The molecule has 0 radical (unpaired) electrons. The molecule has 55 heavy (non-hydrogen) atoms. The summed E-state index contributed by atoms with van der Waals surface area (Å²) in [5.41, 5.74) is 10.7. The van der Waals surface area contributed by atoms with Crippen LogP contribution >= 0.6 is 0 Å². The van der Waals surface area contributed by atoms with Gasteiger partial charge in [-0.3, -0.25) is 0 Å². The molecule has 3 nitrogen and oxygen atoms in total. The smallest absolute Gasteiger partial charge is 0.160 e. The van der Waals surface area contributed by atoms with Gasteiger partial charge in [0.1, 0.15) is 0 Å². The van der Waals surface area contributed by atoms with E-state index in [0.717, 1.165) is 33.8 Å². The van der Waals surface area contributed by atoms with E-state index in [0.29, 0.717) is 5.82 Å². The summed E-state index contributed by atoms with van der Waals surface area (Å²) >= 11 is 0. The highest BCUT2D eigenvalue weighted by atomic mass is 15.0. The molecule has 2 aromatic heterocycles. The quantitative estimate of drug-likeness (QED) is 0.167. The van der Waals surface area contributed by atoms with Crippen molar-refractivity contribution in [2.24, 2.45) is 0 Å². The molecule has 0 saturated heterocycles. The van der Waals surface area contributed by atoms with Crippen LogP contribution in [0.25, 0.3) is 105 Å². The van der Waals surface area contributed by atoms with E-state index in [-0.39, 0.29) is 0 Å². The number of aromatic nitrogens is 3. The van der Waals surface area contributed by atoms with Crippen molar-refractivity contribution in [2.75, 3.05) is 0 Å². The van der Waals surface area contributed by atoms with Crippen LogP contribution in [0.2, 0.25) is 0 Å². The topological polar surface area (TPSA) is 30.7 Å². The first-order valence-electron chi connectivity index (χ1n) is 18.7. The number of rotatable bonds is 5. The van der Waals surface area contributed by atoms with Crippen molar-refractivity contribution in [1.82, 2.24) is 14.5 Å². The van der Waals surface area contributed by atoms with E-state index in [4.69, 9.17) is 9.97 Å². The van der Waals surface area contributed by atoms with Crippen LogP contribution < -0.4 is 0 Å². The Morgan fingerprint density at radius 2 is 0.855 bits per heavy atom. The molecule has 0 aliphatic rings. The van der Waals surface area contributed by atoms with Crippen LogP contribution in [0.5, 0.6) is 0 Å². The van der Waals surface area contributed by atoms with Crippen LogP contribution in [0, 0.1) is 0 Å². The van der Waals surface area contributed by atoms with E-state index >= 15 is 0 Å².